The zero-order chi connectivity index (χ0) is 32.9. The van der Waals surface area contributed by atoms with Gasteiger partial charge in [0.2, 0.25) is 0 Å². The third-order valence-corrected chi connectivity index (χ3v) is 10.6. The molecular weight excluding hydrogens is 553 g/mol. The first kappa shape index (κ1) is 43.2. The Labute approximate surface area is 292 Å². The average Bonchev–Trinajstić information content (AvgIpc) is 3.07. The highest BCUT2D eigenvalue weighted by molar-refractivity contribution is 5.26. The molecule has 1 rings (SSSR count). The van der Waals surface area contributed by atoms with E-state index in [1.54, 1.807) is 5.56 Å². The van der Waals surface area contributed by atoms with Crippen molar-refractivity contribution in [1.82, 2.24) is 0 Å². The molecule has 0 fully saturated rings. The average molecular weight is 638 g/mol. The molecule has 1 radical (unpaired) electrons. The summed E-state index contributed by atoms with van der Waals surface area (Å²) in [6, 6.07) is 10.3. The lowest BCUT2D eigenvalue weighted by Gasteiger charge is -2.09. The fourth-order valence-corrected chi connectivity index (χ4v) is 7.39. The molecule has 0 aliphatic rings. The van der Waals surface area contributed by atoms with Crippen LogP contribution in [0.25, 0.3) is 0 Å². The zero-order valence-corrected chi connectivity index (χ0v) is 32.1. The van der Waals surface area contributed by atoms with Crippen LogP contribution in [0.5, 0.6) is 0 Å². The second kappa shape index (κ2) is 37.0. The zero-order valence-electron chi connectivity index (χ0n) is 32.1. The summed E-state index contributed by atoms with van der Waals surface area (Å²) in [6.07, 6.45) is 54.8. The van der Waals surface area contributed by atoms with Crippen molar-refractivity contribution in [3.63, 3.8) is 0 Å². The van der Waals surface area contributed by atoms with Crippen LogP contribution in [0.1, 0.15) is 256 Å². The second-order valence-electron chi connectivity index (χ2n) is 15.2. The monoisotopic (exact) mass is 638 g/mol. The lowest BCUT2D eigenvalue weighted by Crippen LogP contribution is -1.96. The van der Waals surface area contributed by atoms with Gasteiger partial charge in [-0.1, -0.05) is 250 Å². The Morgan fingerprint density at radius 3 is 0.891 bits per heavy atom. The van der Waals surface area contributed by atoms with Crippen LogP contribution in [-0.2, 0) is 12.8 Å². The minimum Gasteiger partial charge on any atom is -0.0654 e. The Hall–Kier alpha value is -0.780. The van der Waals surface area contributed by atoms with Crippen molar-refractivity contribution in [3.8, 4) is 0 Å². The molecule has 0 saturated carbocycles. The summed E-state index contributed by atoms with van der Waals surface area (Å²) < 4.78 is 0. The largest absolute Gasteiger partial charge is 0.0654 e. The van der Waals surface area contributed by atoms with Crippen molar-refractivity contribution in [2.75, 3.05) is 0 Å². The van der Waals surface area contributed by atoms with Gasteiger partial charge in [0.15, 0.2) is 0 Å². The topological polar surface area (TPSA) is 0 Å². The number of rotatable bonds is 38. The number of aryl methyl sites for hydroxylation is 2. The molecule has 1 aromatic carbocycles. The molecule has 46 heavy (non-hydrogen) atoms. The molecule has 0 bridgehead atoms. The summed E-state index contributed by atoms with van der Waals surface area (Å²) >= 11 is 0. The summed E-state index contributed by atoms with van der Waals surface area (Å²) in [6.45, 7) is 4.62. The lowest BCUT2D eigenvalue weighted by atomic mass is 9.96. The highest BCUT2D eigenvalue weighted by atomic mass is 14.1. The van der Waals surface area contributed by atoms with E-state index in [4.69, 9.17) is 0 Å². The first-order valence-corrected chi connectivity index (χ1v) is 21.9. The highest BCUT2D eigenvalue weighted by Gasteiger charge is 2.03. The Balaban J connectivity index is 1.85. The van der Waals surface area contributed by atoms with Crippen LogP contribution in [-0.4, -0.2) is 0 Å². The maximum absolute atomic E-state index is 3.60. The molecule has 269 valence electrons. The predicted octanol–water partition coefficient (Wildman–Crippen LogP) is 16.7. The second-order valence-corrected chi connectivity index (χ2v) is 15.2. The third kappa shape index (κ3) is 30.5. The van der Waals surface area contributed by atoms with Crippen molar-refractivity contribution >= 4 is 0 Å². The molecule has 0 heterocycles. The smallest absolute Gasteiger partial charge is 0.0146 e. The van der Waals surface area contributed by atoms with Crippen LogP contribution in [0.15, 0.2) is 18.2 Å². The van der Waals surface area contributed by atoms with E-state index in [-0.39, 0.29) is 0 Å². The molecule has 1 aromatic rings. The summed E-state index contributed by atoms with van der Waals surface area (Å²) in [5.41, 5.74) is 3.11. The van der Waals surface area contributed by atoms with Crippen molar-refractivity contribution in [1.29, 1.82) is 0 Å². The van der Waals surface area contributed by atoms with Gasteiger partial charge in [0.1, 0.15) is 0 Å². The van der Waals surface area contributed by atoms with Gasteiger partial charge in [-0.15, -0.1) is 0 Å². The Morgan fingerprint density at radius 1 is 0.326 bits per heavy atom. The van der Waals surface area contributed by atoms with E-state index >= 15 is 0 Å². The van der Waals surface area contributed by atoms with Crippen molar-refractivity contribution in [2.24, 2.45) is 0 Å². The van der Waals surface area contributed by atoms with Gasteiger partial charge in [0, 0.05) is 0 Å². The van der Waals surface area contributed by atoms with Gasteiger partial charge in [-0.05, 0) is 42.9 Å². The minimum atomic E-state index is 1.24. The van der Waals surface area contributed by atoms with E-state index in [9.17, 15) is 0 Å². The lowest BCUT2D eigenvalue weighted by molar-refractivity contribution is 0.524. The SMILES string of the molecule is CCCCCCCCCCCCCCCCCCCCc1[c]cccc1CCCCCCCCCCCCCCCCCCCC. The molecule has 0 aliphatic heterocycles. The van der Waals surface area contributed by atoms with E-state index in [2.05, 4.69) is 38.1 Å². The van der Waals surface area contributed by atoms with Crippen LogP contribution < -0.4 is 0 Å². The van der Waals surface area contributed by atoms with E-state index in [0.717, 1.165) is 0 Å². The molecular formula is C46H85. The third-order valence-electron chi connectivity index (χ3n) is 10.6. The standard InChI is InChI=1S/C46H85/c1-3-5-7-9-11-13-15-17-19-21-23-25-27-29-31-33-35-37-41-45-43-39-40-44-46(45)42-38-36-34-32-30-28-26-24-22-20-18-16-14-12-10-8-6-4-2/h39-40,43H,3-38,41-42H2,1-2H3. The summed E-state index contributed by atoms with van der Waals surface area (Å²) in [7, 11) is 0. The van der Waals surface area contributed by atoms with Crippen molar-refractivity contribution < 1.29 is 0 Å². The fraction of sp³-hybridized carbons (Fsp3) is 0.870. The van der Waals surface area contributed by atoms with Crippen molar-refractivity contribution in [3.05, 3.63) is 35.4 Å². The molecule has 0 unspecified atom stereocenters. The van der Waals surface area contributed by atoms with Gasteiger partial charge >= 0.3 is 0 Å². The van der Waals surface area contributed by atoms with Crippen LogP contribution in [0.4, 0.5) is 0 Å². The summed E-state index contributed by atoms with van der Waals surface area (Å²) in [5.74, 6) is 0. The van der Waals surface area contributed by atoms with Gasteiger partial charge < -0.3 is 0 Å². The van der Waals surface area contributed by atoms with Gasteiger partial charge in [0.05, 0.1) is 0 Å². The maximum Gasteiger partial charge on any atom is -0.0146 e. The molecule has 0 atom stereocenters. The predicted molar refractivity (Wildman–Crippen MR) is 210 cm³/mol. The number of unbranched alkanes of at least 4 members (excludes halogenated alkanes) is 34. The first-order valence-electron chi connectivity index (χ1n) is 21.9. The highest BCUT2D eigenvalue weighted by Crippen LogP contribution is 2.19. The van der Waals surface area contributed by atoms with Gasteiger partial charge in [-0.25, -0.2) is 0 Å². The quantitative estimate of drug-likeness (QED) is 0.0633. The van der Waals surface area contributed by atoms with E-state index in [1.807, 2.05) is 0 Å². The van der Waals surface area contributed by atoms with E-state index < -0.39 is 0 Å². The molecule has 0 N–H and O–H groups in total. The minimum absolute atomic E-state index is 1.24. The van der Waals surface area contributed by atoms with E-state index in [0.29, 0.717) is 0 Å². The number of hydrogen-bond acceptors (Lipinski definition) is 0. The molecule has 0 spiro atoms. The van der Waals surface area contributed by atoms with Gasteiger partial charge in [0.25, 0.3) is 0 Å². The Morgan fingerprint density at radius 2 is 0.587 bits per heavy atom. The molecule has 0 saturated heterocycles. The van der Waals surface area contributed by atoms with Crippen LogP contribution in [0.3, 0.4) is 0 Å². The number of benzene rings is 1. The Kier molecular flexibility index (Phi) is 34.8. The Bertz CT molecular complexity index is 630. The van der Waals surface area contributed by atoms with Crippen LogP contribution >= 0.6 is 0 Å². The summed E-state index contributed by atoms with van der Waals surface area (Å²) in [4.78, 5) is 0. The molecule has 0 amide bonds. The van der Waals surface area contributed by atoms with Crippen LogP contribution in [0, 0.1) is 6.07 Å². The van der Waals surface area contributed by atoms with Gasteiger partial charge in [-0.3, -0.25) is 0 Å². The summed E-state index contributed by atoms with van der Waals surface area (Å²) in [5, 5.41) is 0. The molecule has 0 aliphatic carbocycles. The van der Waals surface area contributed by atoms with E-state index in [1.165, 1.54) is 250 Å². The van der Waals surface area contributed by atoms with Gasteiger partial charge in [-0.2, -0.15) is 0 Å². The number of hydrogen-bond donors (Lipinski definition) is 0. The fourth-order valence-electron chi connectivity index (χ4n) is 7.39. The normalized spacial score (nSPS) is 11.5. The molecule has 0 heteroatoms. The van der Waals surface area contributed by atoms with Crippen LogP contribution in [0.2, 0.25) is 0 Å². The molecule has 0 aromatic heterocycles. The van der Waals surface area contributed by atoms with Crippen molar-refractivity contribution in [2.45, 2.75) is 258 Å². The first-order chi connectivity index (χ1) is 22.9. The maximum atomic E-state index is 3.60. The molecule has 0 nitrogen and oxygen atoms in total.